The van der Waals surface area contributed by atoms with E-state index in [1.165, 1.54) is 24.5 Å². The highest BCUT2D eigenvalue weighted by Crippen LogP contribution is 2.36. The predicted molar refractivity (Wildman–Crippen MR) is 85.4 cm³/mol. The SMILES string of the molecule is COc1ccc(F)c(NC(CN)c2cc(Br)c(Cl)s2)c1. The van der Waals surface area contributed by atoms with Crippen LogP contribution in [0.15, 0.2) is 28.7 Å². The van der Waals surface area contributed by atoms with Crippen LogP contribution in [-0.4, -0.2) is 13.7 Å². The van der Waals surface area contributed by atoms with Crippen LogP contribution in [0.3, 0.4) is 0 Å². The lowest BCUT2D eigenvalue weighted by Gasteiger charge is -2.17. The standard InChI is InChI=1S/C13H13BrClFN2OS/c1-19-7-2-3-9(16)10(4-7)18-11(6-17)12-5-8(14)13(15)20-12/h2-5,11,18H,6,17H2,1H3. The van der Waals surface area contributed by atoms with Crippen molar-refractivity contribution < 1.29 is 9.13 Å². The Morgan fingerprint density at radius 1 is 1.50 bits per heavy atom. The third-order valence-corrected chi connectivity index (χ3v) is 5.34. The van der Waals surface area contributed by atoms with Crippen molar-refractivity contribution in [2.45, 2.75) is 6.04 Å². The molecule has 7 heteroatoms. The Kier molecular flexibility index (Phi) is 5.26. The van der Waals surface area contributed by atoms with Crippen molar-refractivity contribution in [2.24, 2.45) is 5.73 Å². The van der Waals surface area contributed by atoms with Crippen LogP contribution in [0, 0.1) is 5.82 Å². The van der Waals surface area contributed by atoms with Gasteiger partial charge >= 0.3 is 0 Å². The second-order valence-electron chi connectivity index (χ2n) is 4.05. The molecule has 2 aromatic rings. The quantitative estimate of drug-likeness (QED) is 0.808. The Bertz CT molecular complexity index is 589. The van der Waals surface area contributed by atoms with E-state index in [0.29, 0.717) is 22.3 Å². The number of thiophene rings is 1. The fourth-order valence-electron chi connectivity index (χ4n) is 1.71. The summed E-state index contributed by atoms with van der Waals surface area (Å²) in [5.74, 6) is 0.223. The fraction of sp³-hybridized carbons (Fsp3) is 0.231. The Morgan fingerprint density at radius 2 is 2.25 bits per heavy atom. The zero-order chi connectivity index (χ0) is 14.7. The molecule has 0 aliphatic carbocycles. The molecule has 0 saturated heterocycles. The maximum absolute atomic E-state index is 13.8. The van der Waals surface area contributed by atoms with E-state index in [9.17, 15) is 4.39 Å². The number of hydrogen-bond donors (Lipinski definition) is 2. The van der Waals surface area contributed by atoms with Gasteiger partial charge in [-0.05, 0) is 34.1 Å². The normalized spacial score (nSPS) is 12.2. The lowest BCUT2D eigenvalue weighted by atomic mass is 10.2. The molecule has 20 heavy (non-hydrogen) atoms. The molecule has 0 saturated carbocycles. The third kappa shape index (κ3) is 3.44. The molecule has 0 fully saturated rings. The van der Waals surface area contributed by atoms with Crippen molar-refractivity contribution in [3.63, 3.8) is 0 Å². The highest BCUT2D eigenvalue weighted by molar-refractivity contribution is 9.10. The number of ether oxygens (including phenoxy) is 1. The first-order chi connectivity index (χ1) is 9.55. The van der Waals surface area contributed by atoms with Gasteiger partial charge in [-0.1, -0.05) is 11.6 Å². The van der Waals surface area contributed by atoms with Gasteiger partial charge in [-0.3, -0.25) is 0 Å². The molecule has 3 N–H and O–H groups in total. The van der Waals surface area contributed by atoms with Crippen molar-refractivity contribution in [1.82, 2.24) is 0 Å². The summed E-state index contributed by atoms with van der Waals surface area (Å²) in [5, 5.41) is 3.08. The number of methoxy groups -OCH3 is 1. The Morgan fingerprint density at radius 3 is 2.80 bits per heavy atom. The van der Waals surface area contributed by atoms with Gasteiger partial charge in [-0.15, -0.1) is 11.3 Å². The van der Waals surface area contributed by atoms with Gasteiger partial charge < -0.3 is 15.8 Å². The Hall–Kier alpha value is -0.820. The number of anilines is 1. The van der Waals surface area contributed by atoms with E-state index in [-0.39, 0.29) is 11.9 Å². The molecular weight excluding hydrogens is 367 g/mol. The Balaban J connectivity index is 2.26. The van der Waals surface area contributed by atoms with Crippen LogP contribution in [0.2, 0.25) is 4.34 Å². The van der Waals surface area contributed by atoms with Crippen molar-refractivity contribution in [1.29, 1.82) is 0 Å². The number of rotatable bonds is 5. The van der Waals surface area contributed by atoms with Crippen LogP contribution in [0.1, 0.15) is 10.9 Å². The molecule has 1 atom stereocenters. The van der Waals surface area contributed by atoms with E-state index in [1.54, 1.807) is 12.1 Å². The van der Waals surface area contributed by atoms with Gasteiger partial charge in [0, 0.05) is 22.0 Å². The molecule has 0 spiro atoms. The second-order valence-corrected chi connectivity index (χ2v) is 6.59. The molecule has 108 valence electrons. The minimum absolute atomic E-state index is 0.217. The van der Waals surface area contributed by atoms with Crippen LogP contribution in [0.25, 0.3) is 0 Å². The minimum atomic E-state index is -0.356. The van der Waals surface area contributed by atoms with Gasteiger partial charge in [0.05, 0.1) is 18.8 Å². The van der Waals surface area contributed by atoms with Gasteiger partial charge in [0.15, 0.2) is 0 Å². The summed E-state index contributed by atoms with van der Waals surface area (Å²) in [6, 6.07) is 6.19. The molecule has 2 rings (SSSR count). The average Bonchev–Trinajstić information content (AvgIpc) is 2.77. The molecule has 0 aliphatic rings. The third-order valence-electron chi connectivity index (χ3n) is 2.75. The summed E-state index contributed by atoms with van der Waals surface area (Å²) in [6.07, 6.45) is 0. The molecule has 1 aromatic heterocycles. The topological polar surface area (TPSA) is 47.3 Å². The van der Waals surface area contributed by atoms with Crippen LogP contribution < -0.4 is 15.8 Å². The lowest BCUT2D eigenvalue weighted by Crippen LogP contribution is -2.20. The molecule has 1 unspecified atom stereocenters. The van der Waals surface area contributed by atoms with E-state index < -0.39 is 0 Å². The van der Waals surface area contributed by atoms with Gasteiger partial charge in [0.2, 0.25) is 0 Å². The number of nitrogens with one attached hydrogen (secondary N) is 1. The maximum atomic E-state index is 13.8. The zero-order valence-corrected chi connectivity index (χ0v) is 13.8. The average molecular weight is 380 g/mol. The lowest BCUT2D eigenvalue weighted by molar-refractivity contribution is 0.414. The summed E-state index contributed by atoms with van der Waals surface area (Å²) < 4.78 is 20.4. The van der Waals surface area contributed by atoms with Gasteiger partial charge in [0.1, 0.15) is 15.9 Å². The highest BCUT2D eigenvalue weighted by atomic mass is 79.9. The minimum Gasteiger partial charge on any atom is -0.497 e. The number of benzene rings is 1. The first-order valence-corrected chi connectivity index (χ1v) is 7.78. The highest BCUT2D eigenvalue weighted by Gasteiger charge is 2.16. The molecule has 0 amide bonds. The molecule has 1 heterocycles. The smallest absolute Gasteiger partial charge is 0.146 e. The monoisotopic (exact) mass is 378 g/mol. The van der Waals surface area contributed by atoms with Gasteiger partial charge in [-0.2, -0.15) is 0 Å². The van der Waals surface area contributed by atoms with Crippen LogP contribution >= 0.6 is 38.9 Å². The van der Waals surface area contributed by atoms with Crippen LogP contribution in [0.4, 0.5) is 10.1 Å². The molecule has 1 aromatic carbocycles. The van der Waals surface area contributed by atoms with Crippen molar-refractivity contribution >= 4 is 44.6 Å². The Labute approximate surface area is 134 Å². The largest absolute Gasteiger partial charge is 0.497 e. The van der Waals surface area contributed by atoms with E-state index in [1.807, 2.05) is 6.07 Å². The number of nitrogens with two attached hydrogens (primary N) is 1. The molecule has 3 nitrogen and oxygen atoms in total. The number of halogens is 3. The van der Waals surface area contributed by atoms with Crippen LogP contribution in [0.5, 0.6) is 5.75 Å². The molecular formula is C13H13BrClFN2OS. The first kappa shape index (κ1) is 15.6. The summed E-state index contributed by atoms with van der Waals surface area (Å²) in [4.78, 5) is 0.937. The predicted octanol–water partition coefficient (Wildman–Crippen LogP) is 4.42. The summed E-state index contributed by atoms with van der Waals surface area (Å²) >= 11 is 10.8. The van der Waals surface area contributed by atoms with Gasteiger partial charge in [0.25, 0.3) is 0 Å². The van der Waals surface area contributed by atoms with Crippen molar-refractivity contribution in [2.75, 3.05) is 19.0 Å². The first-order valence-electron chi connectivity index (χ1n) is 5.80. The van der Waals surface area contributed by atoms with E-state index in [2.05, 4.69) is 21.2 Å². The van der Waals surface area contributed by atoms with Crippen molar-refractivity contribution in [3.05, 3.63) is 43.8 Å². The fourth-order valence-corrected chi connectivity index (χ4v) is 3.51. The molecule has 0 aliphatic heterocycles. The summed E-state index contributed by atoms with van der Waals surface area (Å²) in [7, 11) is 1.54. The van der Waals surface area contributed by atoms with E-state index in [4.69, 9.17) is 22.1 Å². The van der Waals surface area contributed by atoms with E-state index in [0.717, 1.165) is 9.35 Å². The summed E-state index contributed by atoms with van der Waals surface area (Å²) in [6.45, 7) is 0.319. The molecule has 0 bridgehead atoms. The van der Waals surface area contributed by atoms with Crippen LogP contribution in [-0.2, 0) is 0 Å². The molecule has 0 radical (unpaired) electrons. The zero-order valence-electron chi connectivity index (χ0n) is 10.6. The number of hydrogen-bond acceptors (Lipinski definition) is 4. The van der Waals surface area contributed by atoms with Gasteiger partial charge in [-0.25, -0.2) is 4.39 Å². The summed E-state index contributed by atoms with van der Waals surface area (Å²) in [5.41, 5.74) is 6.11. The van der Waals surface area contributed by atoms with E-state index >= 15 is 0 Å². The maximum Gasteiger partial charge on any atom is 0.146 e. The van der Waals surface area contributed by atoms with Crippen molar-refractivity contribution in [3.8, 4) is 5.75 Å². The second kappa shape index (κ2) is 6.76.